The second-order valence-electron chi connectivity index (χ2n) is 6.44. The van der Waals surface area contributed by atoms with E-state index in [-0.39, 0.29) is 5.91 Å². The summed E-state index contributed by atoms with van der Waals surface area (Å²) in [5.74, 6) is 1.72. The number of hydrogen-bond acceptors (Lipinski definition) is 3. The van der Waals surface area contributed by atoms with Gasteiger partial charge in [-0.25, -0.2) is 4.98 Å². The standard InChI is InChI=1S/C18H25N3O2/c1-3-7-21-14(2)11-19-17(21)10-15-5-4-8-20(12-15)18(22)16-6-9-23-13-16/h6,9,11,13,15H,3-5,7-8,10,12H2,1-2H3. The summed E-state index contributed by atoms with van der Waals surface area (Å²) in [5.41, 5.74) is 1.87. The molecule has 0 spiro atoms. The zero-order valence-electron chi connectivity index (χ0n) is 14.0. The van der Waals surface area contributed by atoms with Crippen LogP contribution in [0.3, 0.4) is 0 Å². The van der Waals surface area contributed by atoms with Gasteiger partial charge in [-0.05, 0) is 38.2 Å². The Morgan fingerprint density at radius 3 is 3.09 bits per heavy atom. The van der Waals surface area contributed by atoms with Crippen molar-refractivity contribution >= 4 is 5.91 Å². The molecule has 0 bridgehead atoms. The molecule has 0 radical (unpaired) electrons. The molecule has 5 heteroatoms. The Bertz CT molecular complexity index is 645. The molecule has 1 atom stereocenters. The topological polar surface area (TPSA) is 51.3 Å². The Hall–Kier alpha value is -2.04. The van der Waals surface area contributed by atoms with Gasteiger partial charge in [0.1, 0.15) is 12.1 Å². The van der Waals surface area contributed by atoms with E-state index < -0.39 is 0 Å². The number of amides is 1. The van der Waals surface area contributed by atoms with Gasteiger partial charge in [-0.1, -0.05) is 6.92 Å². The first kappa shape index (κ1) is 15.8. The summed E-state index contributed by atoms with van der Waals surface area (Å²) in [7, 11) is 0. The van der Waals surface area contributed by atoms with Gasteiger partial charge in [0.2, 0.25) is 0 Å². The number of carbonyl (C=O) groups is 1. The Balaban J connectivity index is 1.66. The summed E-state index contributed by atoms with van der Waals surface area (Å²) < 4.78 is 7.35. The highest BCUT2D eigenvalue weighted by molar-refractivity contribution is 5.93. The summed E-state index contributed by atoms with van der Waals surface area (Å²) in [4.78, 5) is 19.0. The van der Waals surface area contributed by atoms with Crippen molar-refractivity contribution in [2.75, 3.05) is 13.1 Å². The number of aryl methyl sites for hydroxylation is 1. The van der Waals surface area contributed by atoms with Gasteiger partial charge in [0.25, 0.3) is 5.91 Å². The van der Waals surface area contributed by atoms with Crippen molar-refractivity contribution in [3.8, 4) is 0 Å². The minimum Gasteiger partial charge on any atom is -0.472 e. The normalized spacial score (nSPS) is 18.3. The predicted octanol–water partition coefficient (Wildman–Crippen LogP) is 3.29. The van der Waals surface area contributed by atoms with Crippen molar-refractivity contribution in [2.24, 2.45) is 5.92 Å². The molecule has 3 rings (SSSR count). The maximum Gasteiger partial charge on any atom is 0.257 e. The average molecular weight is 315 g/mol. The van der Waals surface area contributed by atoms with E-state index in [0.717, 1.165) is 51.1 Å². The van der Waals surface area contributed by atoms with Gasteiger partial charge in [-0.2, -0.15) is 0 Å². The van der Waals surface area contributed by atoms with Crippen molar-refractivity contribution in [1.29, 1.82) is 0 Å². The molecule has 2 aromatic rings. The maximum atomic E-state index is 12.5. The molecule has 1 aliphatic rings. The van der Waals surface area contributed by atoms with Gasteiger partial charge in [0.15, 0.2) is 0 Å². The van der Waals surface area contributed by atoms with Crippen LogP contribution in [-0.2, 0) is 13.0 Å². The highest BCUT2D eigenvalue weighted by Crippen LogP contribution is 2.22. The zero-order chi connectivity index (χ0) is 16.2. The first-order chi connectivity index (χ1) is 11.2. The largest absolute Gasteiger partial charge is 0.472 e. The van der Waals surface area contributed by atoms with E-state index in [1.807, 2.05) is 11.1 Å². The zero-order valence-corrected chi connectivity index (χ0v) is 14.0. The number of piperidine rings is 1. The third kappa shape index (κ3) is 3.49. The number of aromatic nitrogens is 2. The van der Waals surface area contributed by atoms with Crippen molar-refractivity contribution in [3.63, 3.8) is 0 Å². The minimum absolute atomic E-state index is 0.0801. The highest BCUT2D eigenvalue weighted by Gasteiger charge is 2.26. The molecule has 1 saturated heterocycles. The molecular weight excluding hydrogens is 290 g/mol. The lowest BCUT2D eigenvalue weighted by Crippen LogP contribution is -2.40. The van der Waals surface area contributed by atoms with E-state index in [4.69, 9.17) is 4.42 Å². The molecule has 23 heavy (non-hydrogen) atoms. The fourth-order valence-corrected chi connectivity index (χ4v) is 3.45. The van der Waals surface area contributed by atoms with Gasteiger partial charge in [0.05, 0.1) is 11.8 Å². The molecule has 0 N–H and O–H groups in total. The smallest absolute Gasteiger partial charge is 0.257 e. The summed E-state index contributed by atoms with van der Waals surface area (Å²) in [5, 5.41) is 0. The molecule has 124 valence electrons. The lowest BCUT2D eigenvalue weighted by atomic mass is 9.94. The van der Waals surface area contributed by atoms with Crippen molar-refractivity contribution in [3.05, 3.63) is 41.9 Å². The lowest BCUT2D eigenvalue weighted by Gasteiger charge is -2.32. The van der Waals surface area contributed by atoms with Crippen LogP contribution < -0.4 is 0 Å². The Morgan fingerprint density at radius 2 is 2.35 bits per heavy atom. The van der Waals surface area contributed by atoms with E-state index in [1.54, 1.807) is 12.3 Å². The van der Waals surface area contributed by atoms with Crippen LogP contribution in [0.5, 0.6) is 0 Å². The fourth-order valence-electron chi connectivity index (χ4n) is 3.45. The molecule has 2 aromatic heterocycles. The molecule has 1 aliphatic heterocycles. The van der Waals surface area contributed by atoms with Gasteiger partial charge < -0.3 is 13.9 Å². The second-order valence-corrected chi connectivity index (χ2v) is 6.44. The molecule has 1 unspecified atom stereocenters. The van der Waals surface area contributed by atoms with Gasteiger partial charge in [-0.3, -0.25) is 4.79 Å². The average Bonchev–Trinajstić information content (AvgIpc) is 3.20. The van der Waals surface area contributed by atoms with Crippen molar-refractivity contribution in [1.82, 2.24) is 14.5 Å². The first-order valence-corrected chi connectivity index (χ1v) is 8.51. The number of likely N-dealkylation sites (tertiary alicyclic amines) is 1. The van der Waals surface area contributed by atoms with Gasteiger partial charge in [-0.15, -0.1) is 0 Å². The molecule has 0 aliphatic carbocycles. The van der Waals surface area contributed by atoms with Crippen LogP contribution in [0, 0.1) is 12.8 Å². The van der Waals surface area contributed by atoms with E-state index in [9.17, 15) is 4.79 Å². The quantitative estimate of drug-likeness (QED) is 0.851. The number of imidazole rings is 1. The first-order valence-electron chi connectivity index (χ1n) is 8.51. The summed E-state index contributed by atoms with van der Waals surface area (Å²) in [6, 6.07) is 1.74. The van der Waals surface area contributed by atoms with Crippen molar-refractivity contribution < 1.29 is 9.21 Å². The van der Waals surface area contributed by atoms with E-state index in [0.29, 0.717) is 11.5 Å². The molecule has 5 nitrogen and oxygen atoms in total. The number of carbonyl (C=O) groups excluding carboxylic acids is 1. The molecular formula is C18H25N3O2. The second kappa shape index (κ2) is 7.02. The number of rotatable bonds is 5. The van der Waals surface area contributed by atoms with Crippen LogP contribution in [0.15, 0.2) is 29.2 Å². The van der Waals surface area contributed by atoms with Crippen LogP contribution in [0.4, 0.5) is 0 Å². The van der Waals surface area contributed by atoms with Gasteiger partial charge >= 0.3 is 0 Å². The molecule has 3 heterocycles. The summed E-state index contributed by atoms with van der Waals surface area (Å²) in [6.07, 6.45) is 9.32. The molecule has 0 saturated carbocycles. The predicted molar refractivity (Wildman–Crippen MR) is 88.3 cm³/mol. The Labute approximate surface area is 137 Å². The maximum absolute atomic E-state index is 12.5. The fraction of sp³-hybridized carbons (Fsp3) is 0.556. The molecule has 1 fully saturated rings. The van der Waals surface area contributed by atoms with E-state index >= 15 is 0 Å². The van der Waals surface area contributed by atoms with E-state index in [1.165, 1.54) is 12.0 Å². The number of furan rings is 1. The molecule has 0 aromatic carbocycles. The Morgan fingerprint density at radius 1 is 1.48 bits per heavy atom. The van der Waals surface area contributed by atoms with Crippen LogP contribution >= 0.6 is 0 Å². The SMILES string of the molecule is CCCn1c(C)cnc1CC1CCCN(C(=O)c2ccoc2)C1. The highest BCUT2D eigenvalue weighted by atomic mass is 16.3. The van der Waals surface area contributed by atoms with Crippen LogP contribution in [0.2, 0.25) is 0 Å². The lowest BCUT2D eigenvalue weighted by molar-refractivity contribution is 0.0671. The van der Waals surface area contributed by atoms with Crippen LogP contribution in [-0.4, -0.2) is 33.4 Å². The summed E-state index contributed by atoms with van der Waals surface area (Å²) >= 11 is 0. The number of hydrogen-bond donors (Lipinski definition) is 0. The monoisotopic (exact) mass is 315 g/mol. The third-order valence-corrected chi connectivity index (χ3v) is 4.63. The third-order valence-electron chi connectivity index (χ3n) is 4.63. The van der Waals surface area contributed by atoms with Crippen LogP contribution in [0.1, 0.15) is 48.1 Å². The minimum atomic E-state index is 0.0801. The number of nitrogens with zero attached hydrogens (tertiary/aromatic N) is 3. The van der Waals surface area contributed by atoms with Crippen LogP contribution in [0.25, 0.3) is 0 Å². The van der Waals surface area contributed by atoms with Gasteiger partial charge in [0, 0.05) is 37.9 Å². The van der Waals surface area contributed by atoms with E-state index in [2.05, 4.69) is 23.4 Å². The molecule has 1 amide bonds. The van der Waals surface area contributed by atoms with Crippen molar-refractivity contribution in [2.45, 2.75) is 46.1 Å². The summed E-state index contributed by atoms with van der Waals surface area (Å²) in [6.45, 7) is 6.97. The Kier molecular flexibility index (Phi) is 4.84.